The van der Waals surface area contributed by atoms with Crippen molar-refractivity contribution in [1.29, 1.82) is 0 Å². The molecule has 0 aromatic heterocycles. The molecule has 0 saturated carbocycles. The smallest absolute Gasteiger partial charge is 0.244 e. The first kappa shape index (κ1) is 32.3. The summed E-state index contributed by atoms with van der Waals surface area (Å²) in [5, 5.41) is 3.38. The molecule has 7 nitrogen and oxygen atoms in total. The summed E-state index contributed by atoms with van der Waals surface area (Å²) >= 11 is 12.9. The van der Waals surface area contributed by atoms with E-state index in [-0.39, 0.29) is 28.7 Å². The predicted molar refractivity (Wildman–Crippen MR) is 157 cm³/mol. The first-order chi connectivity index (χ1) is 19.1. The van der Waals surface area contributed by atoms with Crippen molar-refractivity contribution in [2.75, 3.05) is 17.1 Å². The lowest BCUT2D eigenvalue weighted by Crippen LogP contribution is -2.56. The molecule has 0 fully saturated rings. The van der Waals surface area contributed by atoms with Crippen LogP contribution in [0.3, 0.4) is 0 Å². The maximum Gasteiger partial charge on any atom is 0.244 e. The van der Waals surface area contributed by atoms with Gasteiger partial charge in [0.25, 0.3) is 0 Å². The number of anilines is 1. The zero-order chi connectivity index (χ0) is 30.5. The molecule has 1 N–H and O–H groups in total. The van der Waals surface area contributed by atoms with Gasteiger partial charge in [0, 0.05) is 40.2 Å². The second kappa shape index (κ2) is 13.2. The number of carbonyl (C=O) groups is 2. The van der Waals surface area contributed by atoms with Crippen LogP contribution in [0.2, 0.25) is 10.0 Å². The van der Waals surface area contributed by atoms with Crippen LogP contribution in [0.5, 0.6) is 0 Å². The van der Waals surface area contributed by atoms with E-state index in [1.54, 1.807) is 63.2 Å². The molecule has 3 rings (SSSR count). The quantitative estimate of drug-likeness (QED) is 0.318. The molecular weight excluding hydrogens is 595 g/mol. The first-order valence-corrected chi connectivity index (χ1v) is 15.2. The second-order valence-electron chi connectivity index (χ2n) is 10.5. The number of sulfonamides is 1. The number of hydrogen-bond acceptors (Lipinski definition) is 4. The fourth-order valence-electron chi connectivity index (χ4n) is 4.11. The van der Waals surface area contributed by atoms with Crippen molar-refractivity contribution in [1.82, 2.24) is 10.2 Å². The van der Waals surface area contributed by atoms with E-state index < -0.39 is 51.6 Å². The van der Waals surface area contributed by atoms with Gasteiger partial charge < -0.3 is 10.2 Å². The van der Waals surface area contributed by atoms with E-state index in [1.165, 1.54) is 4.90 Å². The van der Waals surface area contributed by atoms with Crippen LogP contribution in [-0.4, -0.2) is 49.5 Å². The maximum atomic E-state index is 14.1. The third-order valence-corrected chi connectivity index (χ3v) is 7.88. The molecule has 0 saturated heterocycles. The summed E-state index contributed by atoms with van der Waals surface area (Å²) in [5.41, 5.74) is 0.177. The van der Waals surface area contributed by atoms with E-state index >= 15 is 0 Å². The highest BCUT2D eigenvalue weighted by atomic mass is 35.5. The van der Waals surface area contributed by atoms with Crippen LogP contribution in [0.4, 0.5) is 14.5 Å². The van der Waals surface area contributed by atoms with Crippen molar-refractivity contribution in [3.05, 3.63) is 99.5 Å². The third-order valence-electron chi connectivity index (χ3n) is 6.03. The molecule has 0 heterocycles. The first-order valence-electron chi connectivity index (χ1n) is 12.6. The minimum Gasteiger partial charge on any atom is -0.350 e. The van der Waals surface area contributed by atoms with E-state index in [0.29, 0.717) is 15.9 Å². The Labute approximate surface area is 249 Å². The number of benzene rings is 3. The van der Waals surface area contributed by atoms with E-state index in [9.17, 15) is 26.8 Å². The zero-order valence-corrected chi connectivity index (χ0v) is 25.3. The van der Waals surface area contributed by atoms with Crippen LogP contribution >= 0.6 is 23.2 Å². The molecule has 0 unspecified atom stereocenters. The number of halogens is 4. The fraction of sp³-hybridized carbons (Fsp3) is 0.310. The second-order valence-corrected chi connectivity index (χ2v) is 13.3. The summed E-state index contributed by atoms with van der Waals surface area (Å²) in [4.78, 5) is 29.0. The van der Waals surface area contributed by atoms with Crippen molar-refractivity contribution in [3.63, 3.8) is 0 Å². The molecular formula is C29H31Cl2F2N3O4S. The molecule has 0 radical (unpaired) electrons. The summed E-state index contributed by atoms with van der Waals surface area (Å²) in [6.45, 7) is 4.32. The van der Waals surface area contributed by atoms with Gasteiger partial charge in [-0.3, -0.25) is 13.9 Å². The molecule has 0 bridgehead atoms. The Balaban J connectivity index is 2.13. The van der Waals surface area contributed by atoms with E-state index in [2.05, 4.69) is 5.32 Å². The normalized spacial score (nSPS) is 12.5. The van der Waals surface area contributed by atoms with Crippen LogP contribution in [0, 0.1) is 11.6 Å². The molecule has 3 aromatic rings. The molecule has 0 aliphatic carbocycles. The Morgan fingerprint density at radius 2 is 1.54 bits per heavy atom. The molecule has 1 atom stereocenters. The van der Waals surface area contributed by atoms with Crippen LogP contribution in [0.25, 0.3) is 0 Å². The number of nitrogens with zero attached hydrogens (tertiary/aromatic N) is 2. The zero-order valence-electron chi connectivity index (χ0n) is 23.0. The van der Waals surface area contributed by atoms with E-state index in [0.717, 1.165) is 24.0 Å². The predicted octanol–water partition coefficient (Wildman–Crippen LogP) is 5.59. The fourth-order valence-corrected chi connectivity index (χ4v) is 5.47. The van der Waals surface area contributed by atoms with E-state index in [4.69, 9.17) is 23.2 Å². The lowest BCUT2D eigenvalue weighted by Gasteiger charge is -2.35. The van der Waals surface area contributed by atoms with Gasteiger partial charge in [0.1, 0.15) is 12.6 Å². The summed E-state index contributed by atoms with van der Waals surface area (Å²) < 4.78 is 53.8. The van der Waals surface area contributed by atoms with Gasteiger partial charge in [0.05, 0.1) is 11.9 Å². The lowest BCUT2D eigenvalue weighted by molar-refractivity contribution is -0.140. The number of nitrogens with one attached hydrogen (secondary N) is 1. The van der Waals surface area contributed by atoms with Gasteiger partial charge in [-0.1, -0.05) is 59.6 Å². The van der Waals surface area contributed by atoms with Crippen molar-refractivity contribution in [3.8, 4) is 0 Å². The van der Waals surface area contributed by atoms with Gasteiger partial charge in [-0.2, -0.15) is 0 Å². The van der Waals surface area contributed by atoms with Crippen molar-refractivity contribution in [2.24, 2.45) is 0 Å². The molecule has 2 amide bonds. The van der Waals surface area contributed by atoms with Gasteiger partial charge >= 0.3 is 0 Å². The van der Waals surface area contributed by atoms with Crippen LogP contribution < -0.4 is 9.62 Å². The summed E-state index contributed by atoms with van der Waals surface area (Å²) in [7, 11) is -4.15. The van der Waals surface area contributed by atoms with Crippen molar-refractivity contribution < 1.29 is 26.8 Å². The maximum absolute atomic E-state index is 14.1. The van der Waals surface area contributed by atoms with Gasteiger partial charge in [-0.05, 0) is 50.6 Å². The van der Waals surface area contributed by atoms with Crippen LogP contribution in [-0.2, 0) is 32.6 Å². The third kappa shape index (κ3) is 8.89. The minimum atomic E-state index is -4.15. The molecule has 0 aliphatic heterocycles. The Kier molecular flexibility index (Phi) is 10.4. The highest BCUT2D eigenvalue weighted by molar-refractivity contribution is 7.92. The summed E-state index contributed by atoms with van der Waals surface area (Å²) in [6, 6.07) is 15.2. The largest absolute Gasteiger partial charge is 0.350 e. The summed E-state index contributed by atoms with van der Waals surface area (Å²) in [6.07, 6.45) is 0.922. The average molecular weight is 627 g/mol. The SMILES string of the molecule is CC(C)(C)NC(=O)[C@@H](Cc1ccccc1)N(Cc1c(Cl)cccc1Cl)C(=O)CN(c1ccc(F)c(F)c1)S(C)(=O)=O. The van der Waals surface area contributed by atoms with Gasteiger partial charge in [0.15, 0.2) is 11.6 Å². The van der Waals surface area contributed by atoms with Gasteiger partial charge in [0.2, 0.25) is 21.8 Å². The monoisotopic (exact) mass is 625 g/mol. The highest BCUT2D eigenvalue weighted by Crippen LogP contribution is 2.28. The molecule has 12 heteroatoms. The van der Waals surface area contributed by atoms with Crippen molar-refractivity contribution >= 4 is 50.7 Å². The Hall–Kier alpha value is -3.21. The Morgan fingerprint density at radius 1 is 0.927 bits per heavy atom. The molecule has 0 aliphatic rings. The number of rotatable bonds is 10. The average Bonchev–Trinajstić information content (AvgIpc) is 2.86. The van der Waals surface area contributed by atoms with Crippen molar-refractivity contribution in [2.45, 2.75) is 45.3 Å². The number of carbonyl (C=O) groups excluding carboxylic acids is 2. The molecule has 3 aromatic carbocycles. The number of amides is 2. The topological polar surface area (TPSA) is 86.8 Å². The number of hydrogen-bond donors (Lipinski definition) is 1. The molecule has 0 spiro atoms. The van der Waals surface area contributed by atoms with Crippen LogP contribution in [0.15, 0.2) is 66.7 Å². The summed E-state index contributed by atoms with van der Waals surface area (Å²) in [5.74, 6) is -3.74. The van der Waals surface area contributed by atoms with Gasteiger partial charge in [-0.15, -0.1) is 0 Å². The van der Waals surface area contributed by atoms with Crippen LogP contribution in [0.1, 0.15) is 31.9 Å². The van der Waals surface area contributed by atoms with E-state index in [1.807, 2.05) is 6.07 Å². The van der Waals surface area contributed by atoms with Gasteiger partial charge in [-0.25, -0.2) is 17.2 Å². The Morgan fingerprint density at radius 3 is 2.07 bits per heavy atom. The lowest BCUT2D eigenvalue weighted by atomic mass is 10.0. The molecule has 220 valence electrons. The molecule has 41 heavy (non-hydrogen) atoms. The Bertz CT molecular complexity index is 1500. The minimum absolute atomic E-state index is 0.0839. The standard InChI is InChI=1S/C29H31Cl2F2N3O4S/c1-29(2,3)34-28(38)26(15-19-9-6-5-7-10-19)35(17-21-22(30)11-8-12-23(21)31)27(37)18-36(41(4,39)40)20-13-14-24(32)25(33)16-20/h5-14,16,26H,15,17-18H2,1-4H3,(H,34,38)/t26-/m1/s1. The highest BCUT2D eigenvalue weighted by Gasteiger charge is 2.35.